The number of benzene rings is 1. The van der Waals surface area contributed by atoms with Crippen molar-refractivity contribution in [1.29, 1.82) is 0 Å². The van der Waals surface area contributed by atoms with E-state index in [-0.39, 0.29) is 5.76 Å². The summed E-state index contributed by atoms with van der Waals surface area (Å²) in [4.78, 5) is 11.8. The second kappa shape index (κ2) is 6.79. The molecule has 1 heterocycles. The maximum Gasteiger partial charge on any atom is 0.374 e. The highest BCUT2D eigenvalue weighted by molar-refractivity contribution is 9.09. The third-order valence-corrected chi connectivity index (χ3v) is 3.47. The molecule has 0 fully saturated rings. The lowest BCUT2D eigenvalue weighted by Gasteiger charge is -2.06. The highest BCUT2D eigenvalue weighted by Crippen LogP contribution is 2.33. The molecule has 0 bridgehead atoms. The molecular formula is C15H17BrO4. The summed E-state index contributed by atoms with van der Waals surface area (Å²) < 4.78 is 16.3. The minimum absolute atomic E-state index is 0.249. The number of ether oxygens (including phenoxy) is 2. The predicted octanol–water partition coefficient (Wildman–Crippen LogP) is 4.08. The van der Waals surface area contributed by atoms with Crippen molar-refractivity contribution in [3.05, 3.63) is 29.5 Å². The van der Waals surface area contributed by atoms with Gasteiger partial charge in [-0.1, -0.05) is 22.0 Å². The fraction of sp³-hybridized carbons (Fsp3) is 0.400. The van der Waals surface area contributed by atoms with Crippen LogP contribution in [0.4, 0.5) is 0 Å². The van der Waals surface area contributed by atoms with E-state index in [1.54, 1.807) is 6.92 Å². The monoisotopic (exact) mass is 340 g/mol. The number of carbonyl (C=O) groups excluding carboxylic acids is 1. The highest BCUT2D eigenvalue weighted by atomic mass is 79.9. The Morgan fingerprint density at radius 1 is 1.40 bits per heavy atom. The molecule has 0 saturated carbocycles. The molecule has 4 nitrogen and oxygen atoms in total. The number of carbonyl (C=O) groups is 1. The van der Waals surface area contributed by atoms with E-state index in [1.165, 1.54) is 0 Å². The number of hydrogen-bond acceptors (Lipinski definition) is 4. The first-order valence-electron chi connectivity index (χ1n) is 6.57. The van der Waals surface area contributed by atoms with Crippen LogP contribution in [0.1, 0.15) is 29.5 Å². The summed E-state index contributed by atoms with van der Waals surface area (Å²) in [5, 5.41) is 1.73. The molecule has 1 aromatic carbocycles. The molecule has 1 aromatic heterocycles. The number of aryl methyl sites for hydroxylation is 1. The molecule has 0 saturated heterocycles. The van der Waals surface area contributed by atoms with Gasteiger partial charge in [0.2, 0.25) is 5.76 Å². The van der Waals surface area contributed by atoms with Gasteiger partial charge in [0.25, 0.3) is 0 Å². The van der Waals surface area contributed by atoms with Crippen LogP contribution in [-0.4, -0.2) is 24.5 Å². The van der Waals surface area contributed by atoms with Crippen LogP contribution >= 0.6 is 15.9 Å². The Balaban J connectivity index is 2.38. The average molecular weight is 341 g/mol. The van der Waals surface area contributed by atoms with Gasteiger partial charge in [-0.3, -0.25) is 0 Å². The van der Waals surface area contributed by atoms with Gasteiger partial charge in [0, 0.05) is 10.9 Å². The largest absolute Gasteiger partial charge is 0.493 e. The lowest BCUT2D eigenvalue weighted by Crippen LogP contribution is -2.04. The summed E-state index contributed by atoms with van der Waals surface area (Å²) in [7, 11) is 0. The van der Waals surface area contributed by atoms with E-state index in [0.717, 1.165) is 28.5 Å². The molecule has 0 spiro atoms. The van der Waals surface area contributed by atoms with E-state index in [1.807, 2.05) is 25.1 Å². The van der Waals surface area contributed by atoms with Crippen molar-refractivity contribution in [3.63, 3.8) is 0 Å². The molecule has 0 unspecified atom stereocenters. The van der Waals surface area contributed by atoms with E-state index in [2.05, 4.69) is 15.9 Å². The molecule has 5 heteroatoms. The van der Waals surface area contributed by atoms with Crippen LogP contribution in [-0.2, 0) is 4.74 Å². The SMILES string of the molecule is CCOC(=O)c1oc2cccc(OCCCBr)c2c1C. The minimum atomic E-state index is -0.437. The van der Waals surface area contributed by atoms with Crippen LogP contribution in [0.25, 0.3) is 11.0 Å². The Hall–Kier alpha value is -1.49. The molecule has 0 aliphatic rings. The Labute approximate surface area is 126 Å². The number of furan rings is 1. The third kappa shape index (κ3) is 2.98. The number of hydrogen-bond donors (Lipinski definition) is 0. The summed E-state index contributed by atoms with van der Waals surface area (Å²) in [5.74, 6) is 0.547. The fourth-order valence-corrected chi connectivity index (χ4v) is 2.24. The van der Waals surface area contributed by atoms with Crippen molar-refractivity contribution < 1.29 is 18.7 Å². The van der Waals surface area contributed by atoms with E-state index in [9.17, 15) is 4.79 Å². The average Bonchev–Trinajstić information content (AvgIpc) is 2.78. The Morgan fingerprint density at radius 3 is 2.90 bits per heavy atom. The number of fused-ring (bicyclic) bond motifs is 1. The zero-order valence-corrected chi connectivity index (χ0v) is 13.2. The van der Waals surface area contributed by atoms with Gasteiger partial charge in [-0.2, -0.15) is 0 Å². The van der Waals surface area contributed by atoms with Gasteiger partial charge in [-0.15, -0.1) is 0 Å². The standard InChI is InChI=1S/C15H17BrO4/c1-3-18-15(17)14-10(2)13-11(19-9-5-8-16)6-4-7-12(13)20-14/h4,6-7H,3,5,8-9H2,1-2H3. The quantitative estimate of drug-likeness (QED) is 0.451. The van der Waals surface area contributed by atoms with Crippen molar-refractivity contribution >= 4 is 32.9 Å². The topological polar surface area (TPSA) is 48.7 Å². The highest BCUT2D eigenvalue weighted by Gasteiger charge is 2.21. The maximum absolute atomic E-state index is 11.8. The van der Waals surface area contributed by atoms with Crippen molar-refractivity contribution in [2.45, 2.75) is 20.3 Å². The van der Waals surface area contributed by atoms with Gasteiger partial charge in [0.05, 0.1) is 18.6 Å². The Bertz CT molecular complexity index is 603. The molecule has 20 heavy (non-hydrogen) atoms. The summed E-state index contributed by atoms with van der Waals surface area (Å²) >= 11 is 3.37. The van der Waals surface area contributed by atoms with Crippen LogP contribution < -0.4 is 4.74 Å². The normalized spacial score (nSPS) is 10.8. The summed E-state index contributed by atoms with van der Waals surface area (Å²) in [6.45, 7) is 4.55. The summed E-state index contributed by atoms with van der Waals surface area (Å²) in [6.07, 6.45) is 0.915. The van der Waals surface area contributed by atoms with Gasteiger partial charge in [-0.25, -0.2) is 4.79 Å². The molecule has 2 rings (SSSR count). The molecule has 0 aliphatic carbocycles. The first-order valence-corrected chi connectivity index (χ1v) is 7.69. The smallest absolute Gasteiger partial charge is 0.374 e. The van der Waals surface area contributed by atoms with E-state index < -0.39 is 5.97 Å². The van der Waals surface area contributed by atoms with Crippen LogP contribution in [0.2, 0.25) is 0 Å². The first-order chi connectivity index (χ1) is 9.69. The number of halogens is 1. The van der Waals surface area contributed by atoms with Crippen molar-refractivity contribution in [3.8, 4) is 5.75 Å². The second-order valence-electron chi connectivity index (χ2n) is 4.30. The lowest BCUT2D eigenvalue weighted by molar-refractivity contribution is 0.0491. The second-order valence-corrected chi connectivity index (χ2v) is 5.09. The van der Waals surface area contributed by atoms with Crippen LogP contribution in [0.5, 0.6) is 5.75 Å². The van der Waals surface area contributed by atoms with Gasteiger partial charge < -0.3 is 13.9 Å². The summed E-state index contributed by atoms with van der Waals surface area (Å²) in [6, 6.07) is 5.56. The van der Waals surface area contributed by atoms with Crippen LogP contribution in [0.15, 0.2) is 22.6 Å². The third-order valence-electron chi connectivity index (χ3n) is 2.91. The molecule has 2 aromatic rings. The zero-order valence-electron chi connectivity index (χ0n) is 11.6. The van der Waals surface area contributed by atoms with Gasteiger partial charge in [-0.05, 0) is 32.4 Å². The van der Waals surface area contributed by atoms with Crippen molar-refractivity contribution in [1.82, 2.24) is 0 Å². The number of alkyl halides is 1. The molecule has 0 radical (unpaired) electrons. The lowest BCUT2D eigenvalue weighted by atomic mass is 10.1. The molecule has 0 N–H and O–H groups in total. The predicted molar refractivity (Wildman–Crippen MR) is 80.8 cm³/mol. The number of esters is 1. The van der Waals surface area contributed by atoms with Gasteiger partial charge in [0.1, 0.15) is 11.3 Å². The molecule has 0 amide bonds. The number of rotatable bonds is 6. The Morgan fingerprint density at radius 2 is 2.20 bits per heavy atom. The fourth-order valence-electron chi connectivity index (χ4n) is 2.01. The first kappa shape index (κ1) is 14.9. The van der Waals surface area contributed by atoms with E-state index in [0.29, 0.717) is 18.8 Å². The van der Waals surface area contributed by atoms with Crippen molar-refractivity contribution in [2.24, 2.45) is 0 Å². The molecule has 108 valence electrons. The van der Waals surface area contributed by atoms with E-state index in [4.69, 9.17) is 13.9 Å². The summed E-state index contributed by atoms with van der Waals surface area (Å²) in [5.41, 5.74) is 1.40. The molecule has 0 aliphatic heterocycles. The maximum atomic E-state index is 11.8. The van der Waals surface area contributed by atoms with Gasteiger partial charge >= 0.3 is 5.97 Å². The van der Waals surface area contributed by atoms with E-state index >= 15 is 0 Å². The molecule has 0 atom stereocenters. The van der Waals surface area contributed by atoms with Crippen molar-refractivity contribution in [2.75, 3.05) is 18.5 Å². The molecular weight excluding hydrogens is 324 g/mol. The van der Waals surface area contributed by atoms with Crippen LogP contribution in [0.3, 0.4) is 0 Å². The Kier molecular flexibility index (Phi) is 5.06. The van der Waals surface area contributed by atoms with Gasteiger partial charge in [0.15, 0.2) is 0 Å². The minimum Gasteiger partial charge on any atom is -0.493 e. The van der Waals surface area contributed by atoms with Crippen LogP contribution in [0, 0.1) is 6.92 Å². The zero-order chi connectivity index (χ0) is 14.5.